The van der Waals surface area contributed by atoms with E-state index in [2.05, 4.69) is 30.2 Å². The molecule has 0 aliphatic rings. The summed E-state index contributed by atoms with van der Waals surface area (Å²) in [6, 6.07) is 11.4. The fourth-order valence-corrected chi connectivity index (χ4v) is 2.54. The molecule has 10 nitrogen and oxygen atoms in total. The molecule has 3 heterocycles. The van der Waals surface area contributed by atoms with Crippen LogP contribution in [0.4, 0.5) is 5.95 Å². The first kappa shape index (κ1) is 19.7. The van der Waals surface area contributed by atoms with Gasteiger partial charge in [0.1, 0.15) is 0 Å². The van der Waals surface area contributed by atoms with Crippen molar-refractivity contribution >= 4 is 23.0 Å². The number of nitrogens with one attached hydrogen (secondary N) is 3. The summed E-state index contributed by atoms with van der Waals surface area (Å²) in [4.78, 5) is 39.8. The lowest BCUT2D eigenvalue weighted by atomic mass is 10.1. The van der Waals surface area contributed by atoms with Crippen LogP contribution in [-0.4, -0.2) is 30.8 Å². The number of fused-ring (bicyclic) bond motifs is 1. The van der Waals surface area contributed by atoms with Crippen molar-refractivity contribution in [1.82, 2.24) is 24.9 Å². The van der Waals surface area contributed by atoms with Crippen molar-refractivity contribution in [3.8, 4) is 0 Å². The third-order valence-corrected chi connectivity index (χ3v) is 3.99. The number of carbonyl (C=O) groups excluding carboxylic acids is 1. The number of hydrogen-bond acceptors (Lipinski definition) is 7. The maximum atomic E-state index is 11.7. The van der Waals surface area contributed by atoms with Crippen LogP contribution in [0, 0.1) is 0 Å². The molecule has 1 aromatic carbocycles. The highest BCUT2D eigenvalue weighted by Gasteiger charge is 2.05. The molecule has 0 aliphatic heterocycles. The topological polar surface area (TPSA) is 168 Å². The zero-order valence-electron chi connectivity index (χ0n) is 15.4. The number of primary amides is 1. The Morgan fingerprint density at radius 2 is 1.97 bits per heavy atom. The number of benzene rings is 1. The molecule has 1 amide bonds. The van der Waals surface area contributed by atoms with Crippen LogP contribution in [0.15, 0.2) is 59.9 Å². The van der Waals surface area contributed by atoms with Crippen molar-refractivity contribution < 1.29 is 4.79 Å². The molecule has 7 N–H and O–H groups in total. The minimum Gasteiger partial charge on any atom is -0.366 e. The van der Waals surface area contributed by atoms with Gasteiger partial charge in [0.15, 0.2) is 11.2 Å². The van der Waals surface area contributed by atoms with E-state index >= 15 is 0 Å². The summed E-state index contributed by atoms with van der Waals surface area (Å²) in [6.07, 6.45) is 4.51. The number of aromatic amines is 2. The monoisotopic (exact) mass is 392 g/mol. The third-order valence-electron chi connectivity index (χ3n) is 3.99. The lowest BCUT2D eigenvalue weighted by molar-refractivity contribution is 0.0999. The number of aromatic nitrogens is 5. The molecule has 29 heavy (non-hydrogen) atoms. The average molecular weight is 392 g/mol. The molecule has 0 fully saturated rings. The van der Waals surface area contributed by atoms with E-state index in [0.717, 1.165) is 5.56 Å². The van der Waals surface area contributed by atoms with Crippen molar-refractivity contribution in [1.29, 1.82) is 0 Å². The molecule has 0 aliphatic carbocycles. The van der Waals surface area contributed by atoms with Crippen molar-refractivity contribution in [3.63, 3.8) is 0 Å². The summed E-state index contributed by atoms with van der Waals surface area (Å²) in [6.45, 7) is 0.881. The zero-order chi connectivity index (χ0) is 20.6. The predicted octanol–water partition coefficient (Wildman–Crippen LogP) is 0.898. The number of carbonyl (C=O) groups is 1. The molecule has 0 unspecified atom stereocenters. The highest BCUT2D eigenvalue weighted by atomic mass is 16.1. The minimum atomic E-state index is -0.465. The Balaban J connectivity index is 0.000000188. The Morgan fingerprint density at radius 1 is 1.17 bits per heavy atom. The van der Waals surface area contributed by atoms with E-state index in [9.17, 15) is 9.59 Å². The maximum absolute atomic E-state index is 11.7. The predicted molar refractivity (Wildman–Crippen MR) is 109 cm³/mol. The molecular formula is C19H20N8O2. The molecule has 10 heteroatoms. The second kappa shape index (κ2) is 9.24. The minimum absolute atomic E-state index is 0.229. The van der Waals surface area contributed by atoms with Crippen molar-refractivity contribution in [2.24, 2.45) is 11.5 Å². The summed E-state index contributed by atoms with van der Waals surface area (Å²) < 4.78 is 0. The first-order valence-corrected chi connectivity index (χ1v) is 8.72. The number of amides is 1. The number of rotatable bonds is 5. The largest absolute Gasteiger partial charge is 0.366 e. The zero-order valence-corrected chi connectivity index (χ0v) is 15.4. The maximum Gasteiger partial charge on any atom is 0.278 e. The van der Waals surface area contributed by atoms with Gasteiger partial charge in [0.25, 0.3) is 5.56 Å². The van der Waals surface area contributed by atoms with E-state index in [-0.39, 0.29) is 12.1 Å². The van der Waals surface area contributed by atoms with Crippen LogP contribution in [0.3, 0.4) is 0 Å². The van der Waals surface area contributed by atoms with E-state index in [1.165, 1.54) is 12.5 Å². The Labute approximate surface area is 165 Å². The van der Waals surface area contributed by atoms with Gasteiger partial charge in [0, 0.05) is 31.0 Å². The molecule has 0 saturated heterocycles. The highest BCUT2D eigenvalue weighted by molar-refractivity contribution is 5.94. The van der Waals surface area contributed by atoms with E-state index < -0.39 is 5.91 Å². The smallest absolute Gasteiger partial charge is 0.278 e. The summed E-state index contributed by atoms with van der Waals surface area (Å²) in [5, 5.41) is 3.06. The normalized spacial score (nSPS) is 10.2. The average Bonchev–Trinajstić information content (AvgIpc) is 3.23. The molecule has 0 atom stereocenters. The number of hydrogen-bond donors (Lipinski definition) is 5. The molecule has 0 radical (unpaired) electrons. The Bertz CT molecular complexity index is 1150. The lowest BCUT2D eigenvalue weighted by Gasteiger charge is -2.04. The fourth-order valence-electron chi connectivity index (χ4n) is 2.54. The second-order valence-electron chi connectivity index (χ2n) is 5.96. The molecular weight excluding hydrogens is 372 g/mol. The van der Waals surface area contributed by atoms with Gasteiger partial charge < -0.3 is 21.8 Å². The number of nitrogens with two attached hydrogens (primary N) is 2. The van der Waals surface area contributed by atoms with Crippen molar-refractivity contribution in [2.75, 3.05) is 5.32 Å². The summed E-state index contributed by atoms with van der Waals surface area (Å²) in [7, 11) is 0. The quantitative estimate of drug-likeness (QED) is 0.336. The van der Waals surface area contributed by atoms with Crippen molar-refractivity contribution in [2.45, 2.75) is 13.1 Å². The Morgan fingerprint density at radius 3 is 2.66 bits per heavy atom. The number of nitrogens with zero attached hydrogens (tertiary/aromatic N) is 3. The SMILES string of the molecule is NCc1cnccc1C(N)=O.O=c1[nH]c(NCc2ccccc2)nc2nc[nH]c12. The van der Waals surface area contributed by atoms with Gasteiger partial charge in [-0.3, -0.25) is 19.6 Å². The molecule has 0 bridgehead atoms. The van der Waals surface area contributed by atoms with Gasteiger partial charge >= 0.3 is 0 Å². The van der Waals surface area contributed by atoms with Crippen LogP contribution in [0.2, 0.25) is 0 Å². The molecule has 0 spiro atoms. The Kier molecular flexibility index (Phi) is 6.28. The molecule has 4 aromatic rings. The van der Waals surface area contributed by atoms with Gasteiger partial charge in [-0.05, 0) is 17.2 Å². The summed E-state index contributed by atoms with van der Waals surface area (Å²) in [5.74, 6) is -0.0451. The van der Waals surface area contributed by atoms with E-state index in [1.807, 2.05) is 30.3 Å². The summed E-state index contributed by atoms with van der Waals surface area (Å²) >= 11 is 0. The van der Waals surface area contributed by atoms with Gasteiger partial charge in [0.05, 0.1) is 6.33 Å². The first-order valence-electron chi connectivity index (χ1n) is 8.72. The van der Waals surface area contributed by atoms with Gasteiger partial charge in [-0.15, -0.1) is 0 Å². The van der Waals surface area contributed by atoms with Gasteiger partial charge in [-0.25, -0.2) is 4.98 Å². The summed E-state index contributed by atoms with van der Waals surface area (Å²) in [5.41, 5.74) is 13.2. The van der Waals surface area contributed by atoms with E-state index in [0.29, 0.717) is 34.8 Å². The van der Waals surface area contributed by atoms with Crippen LogP contribution in [0.25, 0.3) is 11.2 Å². The third kappa shape index (κ3) is 5.02. The van der Waals surface area contributed by atoms with Gasteiger partial charge in [0.2, 0.25) is 11.9 Å². The van der Waals surface area contributed by atoms with Gasteiger partial charge in [-0.1, -0.05) is 30.3 Å². The number of imidazole rings is 1. The van der Waals surface area contributed by atoms with Crippen LogP contribution in [-0.2, 0) is 13.1 Å². The molecule has 0 saturated carbocycles. The molecule has 3 aromatic heterocycles. The van der Waals surface area contributed by atoms with Crippen molar-refractivity contribution in [3.05, 3.63) is 82.2 Å². The Hall–Kier alpha value is -4.05. The van der Waals surface area contributed by atoms with Crippen LogP contribution in [0.5, 0.6) is 0 Å². The highest BCUT2D eigenvalue weighted by Crippen LogP contribution is 2.06. The standard InChI is InChI=1S/C12H11N5O.C7H9N3O/c18-11-9-10(15-7-14-9)16-12(17-11)13-6-8-4-2-1-3-5-8;8-3-5-4-10-2-1-6(5)7(9)11/h1-5,7H,6H2,(H3,13,14,15,16,17,18);1-2,4H,3,8H2,(H2,9,11). The number of anilines is 1. The second-order valence-corrected chi connectivity index (χ2v) is 5.96. The molecule has 148 valence electrons. The van der Waals surface area contributed by atoms with Crippen LogP contribution < -0.4 is 22.3 Å². The number of pyridine rings is 1. The van der Waals surface area contributed by atoms with E-state index in [4.69, 9.17) is 11.5 Å². The molecule has 4 rings (SSSR count). The first-order chi connectivity index (χ1) is 14.1. The van der Waals surface area contributed by atoms with Crippen LogP contribution >= 0.6 is 0 Å². The van der Waals surface area contributed by atoms with Gasteiger partial charge in [-0.2, -0.15) is 4.98 Å². The fraction of sp³-hybridized carbons (Fsp3) is 0.105. The van der Waals surface area contributed by atoms with E-state index in [1.54, 1.807) is 12.3 Å². The number of H-pyrrole nitrogens is 2. The lowest BCUT2D eigenvalue weighted by Crippen LogP contribution is -2.15. The van der Waals surface area contributed by atoms with Crippen LogP contribution in [0.1, 0.15) is 21.5 Å².